The van der Waals surface area contributed by atoms with Crippen LogP contribution < -0.4 is 16.6 Å². The number of nitrogens with one attached hydrogen (secondary N) is 3. The Kier molecular flexibility index (Phi) is 2.64. The fourth-order valence-corrected chi connectivity index (χ4v) is 1.09. The lowest BCUT2D eigenvalue weighted by Gasteiger charge is -2.06. The summed E-state index contributed by atoms with van der Waals surface area (Å²) in [6.45, 7) is 0.506. The average Bonchev–Trinajstić information content (AvgIpc) is 2.86. The molecule has 1 aromatic rings. The van der Waals surface area contributed by atoms with E-state index >= 15 is 0 Å². The molecule has 0 aromatic carbocycles. The summed E-state index contributed by atoms with van der Waals surface area (Å²) >= 11 is 0. The van der Waals surface area contributed by atoms with Crippen LogP contribution >= 0.6 is 0 Å². The summed E-state index contributed by atoms with van der Waals surface area (Å²) in [6, 6.07) is 0.543. The first-order valence-corrected chi connectivity index (χ1v) is 4.64. The molecule has 1 aliphatic carbocycles. The summed E-state index contributed by atoms with van der Waals surface area (Å²) in [7, 11) is 0. The highest BCUT2D eigenvalue weighted by atomic mass is 15.3. The summed E-state index contributed by atoms with van der Waals surface area (Å²) in [6.07, 6.45) is 5.87. The van der Waals surface area contributed by atoms with Gasteiger partial charge in [-0.3, -0.25) is 5.43 Å². The third kappa shape index (κ3) is 2.46. The molecule has 1 saturated carbocycles. The average molecular weight is 194 g/mol. The number of nitrogens with zero attached hydrogens (tertiary/aromatic N) is 2. The SMILES string of the molecule is NNC(=NCc1ncc[nH]1)NC1CC1. The Balaban J connectivity index is 1.86. The van der Waals surface area contributed by atoms with Crippen molar-refractivity contribution in [2.75, 3.05) is 0 Å². The van der Waals surface area contributed by atoms with Crippen molar-refractivity contribution in [2.45, 2.75) is 25.4 Å². The normalized spacial score (nSPS) is 16.8. The highest BCUT2D eigenvalue weighted by Gasteiger charge is 2.21. The summed E-state index contributed by atoms with van der Waals surface area (Å²) in [5, 5.41) is 3.18. The molecule has 0 spiro atoms. The van der Waals surface area contributed by atoms with Gasteiger partial charge in [-0.25, -0.2) is 15.8 Å². The zero-order chi connectivity index (χ0) is 9.80. The van der Waals surface area contributed by atoms with E-state index in [-0.39, 0.29) is 0 Å². The number of H-pyrrole nitrogens is 1. The van der Waals surface area contributed by atoms with Gasteiger partial charge in [0.25, 0.3) is 0 Å². The van der Waals surface area contributed by atoms with E-state index in [1.807, 2.05) is 0 Å². The van der Waals surface area contributed by atoms with Gasteiger partial charge in [0.15, 0.2) is 0 Å². The van der Waals surface area contributed by atoms with Crippen LogP contribution in [0.4, 0.5) is 0 Å². The molecule has 76 valence electrons. The van der Waals surface area contributed by atoms with Crippen LogP contribution in [0.5, 0.6) is 0 Å². The van der Waals surface area contributed by atoms with E-state index in [0.29, 0.717) is 18.5 Å². The van der Waals surface area contributed by atoms with E-state index < -0.39 is 0 Å². The number of hydrogen-bond acceptors (Lipinski definition) is 3. The van der Waals surface area contributed by atoms with E-state index in [1.165, 1.54) is 12.8 Å². The van der Waals surface area contributed by atoms with Crippen molar-refractivity contribution in [2.24, 2.45) is 10.8 Å². The second-order valence-corrected chi connectivity index (χ2v) is 3.26. The van der Waals surface area contributed by atoms with E-state index in [1.54, 1.807) is 12.4 Å². The fraction of sp³-hybridized carbons (Fsp3) is 0.500. The molecular weight excluding hydrogens is 180 g/mol. The lowest BCUT2D eigenvalue weighted by atomic mass is 10.6. The van der Waals surface area contributed by atoms with E-state index in [2.05, 4.69) is 25.7 Å². The van der Waals surface area contributed by atoms with Crippen LogP contribution in [-0.4, -0.2) is 22.0 Å². The Morgan fingerprint density at radius 3 is 3.14 bits per heavy atom. The van der Waals surface area contributed by atoms with Gasteiger partial charge in [0.2, 0.25) is 5.96 Å². The molecule has 0 aliphatic heterocycles. The van der Waals surface area contributed by atoms with Crippen LogP contribution in [0.2, 0.25) is 0 Å². The Bertz CT molecular complexity index is 300. The van der Waals surface area contributed by atoms with Gasteiger partial charge in [-0.05, 0) is 12.8 Å². The van der Waals surface area contributed by atoms with E-state index in [0.717, 1.165) is 5.82 Å². The van der Waals surface area contributed by atoms with Crippen molar-refractivity contribution in [3.8, 4) is 0 Å². The van der Waals surface area contributed by atoms with Gasteiger partial charge >= 0.3 is 0 Å². The second kappa shape index (κ2) is 4.10. The maximum absolute atomic E-state index is 5.31. The lowest BCUT2D eigenvalue weighted by molar-refractivity contribution is 0.812. The molecule has 1 aliphatic rings. The number of aliphatic imine (C=N–C) groups is 1. The van der Waals surface area contributed by atoms with Crippen molar-refractivity contribution in [1.29, 1.82) is 0 Å². The Morgan fingerprint density at radius 2 is 2.57 bits per heavy atom. The molecule has 6 nitrogen and oxygen atoms in total. The first kappa shape index (κ1) is 9.01. The van der Waals surface area contributed by atoms with Crippen molar-refractivity contribution in [3.05, 3.63) is 18.2 Å². The van der Waals surface area contributed by atoms with Crippen molar-refractivity contribution < 1.29 is 0 Å². The summed E-state index contributed by atoms with van der Waals surface area (Å²) < 4.78 is 0. The monoisotopic (exact) mass is 194 g/mol. The molecule has 0 unspecified atom stereocenters. The van der Waals surface area contributed by atoms with Crippen molar-refractivity contribution in [3.63, 3.8) is 0 Å². The van der Waals surface area contributed by atoms with Crippen LogP contribution in [0.15, 0.2) is 17.4 Å². The van der Waals surface area contributed by atoms with Gasteiger partial charge in [0, 0.05) is 18.4 Å². The quantitative estimate of drug-likeness (QED) is 0.225. The molecule has 2 rings (SSSR count). The fourth-order valence-electron chi connectivity index (χ4n) is 1.09. The summed E-state index contributed by atoms with van der Waals surface area (Å²) in [5.41, 5.74) is 2.53. The van der Waals surface area contributed by atoms with Crippen LogP contribution in [0.1, 0.15) is 18.7 Å². The van der Waals surface area contributed by atoms with Gasteiger partial charge < -0.3 is 10.3 Å². The third-order valence-electron chi connectivity index (χ3n) is 2.00. The van der Waals surface area contributed by atoms with Crippen molar-refractivity contribution >= 4 is 5.96 Å². The van der Waals surface area contributed by atoms with Crippen LogP contribution in [0, 0.1) is 0 Å². The maximum atomic E-state index is 5.31. The molecule has 0 bridgehead atoms. The Morgan fingerprint density at radius 1 is 1.71 bits per heavy atom. The van der Waals surface area contributed by atoms with Gasteiger partial charge in [0.1, 0.15) is 12.4 Å². The molecule has 0 radical (unpaired) electrons. The van der Waals surface area contributed by atoms with Gasteiger partial charge in [-0.2, -0.15) is 0 Å². The number of hydrazine groups is 1. The highest BCUT2D eigenvalue weighted by Crippen LogP contribution is 2.18. The van der Waals surface area contributed by atoms with Crippen molar-refractivity contribution in [1.82, 2.24) is 20.7 Å². The van der Waals surface area contributed by atoms with Gasteiger partial charge in [-0.15, -0.1) is 0 Å². The van der Waals surface area contributed by atoms with E-state index in [9.17, 15) is 0 Å². The molecule has 0 amide bonds. The van der Waals surface area contributed by atoms with Crippen LogP contribution in [0.25, 0.3) is 0 Å². The number of nitrogens with two attached hydrogens (primary N) is 1. The summed E-state index contributed by atoms with van der Waals surface area (Å²) in [4.78, 5) is 11.3. The number of aromatic nitrogens is 2. The topological polar surface area (TPSA) is 91.1 Å². The third-order valence-corrected chi connectivity index (χ3v) is 2.00. The maximum Gasteiger partial charge on any atom is 0.206 e. The number of imidazole rings is 1. The van der Waals surface area contributed by atoms with E-state index in [4.69, 9.17) is 5.84 Å². The Labute approximate surface area is 82.0 Å². The predicted molar refractivity (Wildman–Crippen MR) is 53.2 cm³/mol. The van der Waals surface area contributed by atoms with Gasteiger partial charge in [-0.1, -0.05) is 0 Å². The first-order valence-electron chi connectivity index (χ1n) is 4.64. The van der Waals surface area contributed by atoms with Crippen LogP contribution in [0.3, 0.4) is 0 Å². The molecule has 1 heterocycles. The molecule has 0 atom stereocenters. The first-order chi connectivity index (χ1) is 6.88. The Hall–Kier alpha value is -1.56. The number of rotatable bonds is 3. The largest absolute Gasteiger partial charge is 0.353 e. The second-order valence-electron chi connectivity index (χ2n) is 3.26. The molecule has 14 heavy (non-hydrogen) atoms. The molecule has 1 fully saturated rings. The highest BCUT2D eigenvalue weighted by molar-refractivity contribution is 5.79. The minimum atomic E-state index is 0.506. The lowest BCUT2D eigenvalue weighted by Crippen LogP contribution is -2.42. The molecule has 6 heteroatoms. The standard InChI is InChI=1S/C8H14N6/c9-14-8(13-6-1-2-6)12-5-7-10-3-4-11-7/h3-4,6H,1-2,5,9H2,(H,10,11)(H2,12,13,14). The summed E-state index contributed by atoms with van der Waals surface area (Å²) in [5.74, 6) is 6.77. The minimum Gasteiger partial charge on any atom is -0.353 e. The number of aromatic amines is 1. The zero-order valence-corrected chi connectivity index (χ0v) is 7.83. The molecule has 5 N–H and O–H groups in total. The zero-order valence-electron chi connectivity index (χ0n) is 7.83. The van der Waals surface area contributed by atoms with Gasteiger partial charge in [0.05, 0.1) is 0 Å². The smallest absolute Gasteiger partial charge is 0.206 e. The molecular formula is C8H14N6. The van der Waals surface area contributed by atoms with Crippen LogP contribution in [-0.2, 0) is 6.54 Å². The number of guanidine groups is 1. The molecule has 0 saturated heterocycles. The number of hydrogen-bond donors (Lipinski definition) is 4. The molecule has 1 aromatic heterocycles. The minimum absolute atomic E-state index is 0.506. The predicted octanol–water partition coefficient (Wildman–Crippen LogP) is -0.519.